The Morgan fingerprint density at radius 3 is 2.67 bits per heavy atom. The second kappa shape index (κ2) is 6.55. The first-order valence-corrected chi connectivity index (χ1v) is 9.79. The molecule has 1 amide bonds. The molecule has 3 rings (SSSR count). The molecule has 0 unspecified atom stereocenters. The fourth-order valence-electron chi connectivity index (χ4n) is 2.94. The van der Waals surface area contributed by atoms with Crippen molar-refractivity contribution >= 4 is 21.8 Å². The molecule has 0 bridgehead atoms. The van der Waals surface area contributed by atoms with Gasteiger partial charge < -0.3 is 9.80 Å². The number of carbonyl (C=O) groups excluding carboxylic acids is 1. The van der Waals surface area contributed by atoms with Crippen molar-refractivity contribution in [3.63, 3.8) is 0 Å². The average Bonchev–Trinajstić information content (AvgIpc) is 3.31. The van der Waals surface area contributed by atoms with E-state index in [1.54, 1.807) is 36.2 Å². The van der Waals surface area contributed by atoms with Crippen LogP contribution in [0.2, 0.25) is 0 Å². The van der Waals surface area contributed by atoms with Crippen molar-refractivity contribution in [1.82, 2.24) is 9.80 Å². The standard InChI is InChI=1S/C17H23N3O3S/c1-3-10-20(11-13-8-9-13)16(21)12-19(2)17-14-6-4-5-7-15(14)24(22,23)18-17/h4-7,13H,3,8-12H2,1-2H3. The van der Waals surface area contributed by atoms with E-state index < -0.39 is 10.0 Å². The zero-order valence-corrected chi connectivity index (χ0v) is 14.9. The molecule has 24 heavy (non-hydrogen) atoms. The molecule has 1 aliphatic carbocycles. The number of rotatable bonds is 6. The predicted octanol–water partition coefficient (Wildman–Crippen LogP) is 1.72. The summed E-state index contributed by atoms with van der Waals surface area (Å²) >= 11 is 0. The lowest BCUT2D eigenvalue weighted by atomic mass is 10.2. The summed E-state index contributed by atoms with van der Waals surface area (Å²) in [5.74, 6) is 1.01. The Morgan fingerprint density at radius 1 is 1.29 bits per heavy atom. The number of amides is 1. The van der Waals surface area contributed by atoms with Crippen molar-refractivity contribution in [1.29, 1.82) is 0 Å². The third-order valence-electron chi connectivity index (χ3n) is 4.37. The molecular weight excluding hydrogens is 326 g/mol. The van der Waals surface area contributed by atoms with Crippen LogP contribution >= 0.6 is 0 Å². The number of carbonyl (C=O) groups is 1. The van der Waals surface area contributed by atoms with Crippen molar-refractivity contribution in [2.45, 2.75) is 31.1 Å². The normalized spacial score (nSPS) is 18.0. The molecule has 0 radical (unpaired) electrons. The number of hydrogen-bond donors (Lipinski definition) is 0. The van der Waals surface area contributed by atoms with Gasteiger partial charge in [-0.05, 0) is 37.3 Å². The number of likely N-dealkylation sites (N-methyl/N-ethyl adjacent to an activating group) is 1. The highest BCUT2D eigenvalue weighted by Gasteiger charge is 2.32. The fourth-order valence-corrected chi connectivity index (χ4v) is 4.19. The lowest BCUT2D eigenvalue weighted by molar-refractivity contribution is -0.131. The molecule has 0 aromatic heterocycles. The highest BCUT2D eigenvalue weighted by Crippen LogP contribution is 2.30. The second-order valence-electron chi connectivity index (χ2n) is 6.53. The van der Waals surface area contributed by atoms with Crippen LogP contribution in [0.3, 0.4) is 0 Å². The minimum atomic E-state index is -3.65. The van der Waals surface area contributed by atoms with E-state index in [1.807, 2.05) is 4.90 Å². The number of fused-ring (bicyclic) bond motifs is 1. The molecule has 0 atom stereocenters. The van der Waals surface area contributed by atoms with E-state index in [-0.39, 0.29) is 17.3 Å². The Balaban J connectivity index is 1.74. The largest absolute Gasteiger partial charge is 0.349 e. The van der Waals surface area contributed by atoms with Crippen molar-refractivity contribution < 1.29 is 13.2 Å². The van der Waals surface area contributed by atoms with Gasteiger partial charge in [-0.1, -0.05) is 19.1 Å². The van der Waals surface area contributed by atoms with Crippen LogP contribution in [-0.4, -0.2) is 56.6 Å². The molecule has 1 aliphatic heterocycles. The lowest BCUT2D eigenvalue weighted by Crippen LogP contribution is -2.42. The Kier molecular flexibility index (Phi) is 4.62. The first kappa shape index (κ1) is 17.0. The van der Waals surface area contributed by atoms with Crippen LogP contribution in [0.25, 0.3) is 0 Å². The summed E-state index contributed by atoms with van der Waals surface area (Å²) in [6.45, 7) is 3.74. The van der Waals surface area contributed by atoms with Gasteiger partial charge in [-0.15, -0.1) is 4.40 Å². The van der Waals surface area contributed by atoms with Gasteiger partial charge in [-0.3, -0.25) is 4.79 Å². The maximum atomic E-state index is 12.6. The maximum absolute atomic E-state index is 12.6. The van der Waals surface area contributed by atoms with E-state index in [0.717, 1.165) is 19.5 Å². The van der Waals surface area contributed by atoms with Gasteiger partial charge in [0.1, 0.15) is 4.90 Å². The highest BCUT2D eigenvalue weighted by atomic mass is 32.2. The summed E-state index contributed by atoms with van der Waals surface area (Å²) in [7, 11) is -1.94. The van der Waals surface area contributed by atoms with Crippen LogP contribution < -0.4 is 0 Å². The molecule has 1 saturated carbocycles. The van der Waals surface area contributed by atoms with Gasteiger partial charge in [0.25, 0.3) is 10.0 Å². The molecule has 1 fully saturated rings. The minimum Gasteiger partial charge on any atom is -0.349 e. The molecule has 7 heteroatoms. The minimum absolute atomic E-state index is 0.0238. The number of amidine groups is 1. The number of nitrogens with zero attached hydrogens (tertiary/aromatic N) is 3. The van der Waals surface area contributed by atoms with Crippen LogP contribution in [0.4, 0.5) is 0 Å². The van der Waals surface area contributed by atoms with E-state index in [1.165, 1.54) is 12.8 Å². The Labute approximate surface area is 143 Å². The molecule has 1 heterocycles. The SMILES string of the molecule is CCCN(CC1CC1)C(=O)CN(C)C1=NS(=O)(=O)c2ccccc21. The van der Waals surface area contributed by atoms with E-state index in [9.17, 15) is 13.2 Å². The Hall–Kier alpha value is -1.89. The molecule has 130 valence electrons. The molecule has 0 spiro atoms. The van der Waals surface area contributed by atoms with Gasteiger partial charge in [0.2, 0.25) is 5.91 Å². The Morgan fingerprint density at radius 2 is 2.00 bits per heavy atom. The number of benzene rings is 1. The fraction of sp³-hybridized carbons (Fsp3) is 0.529. The zero-order chi connectivity index (χ0) is 17.3. The molecule has 0 N–H and O–H groups in total. The van der Waals surface area contributed by atoms with Crippen LogP contribution in [0.15, 0.2) is 33.6 Å². The summed E-state index contributed by atoms with van der Waals surface area (Å²) in [6.07, 6.45) is 3.31. The summed E-state index contributed by atoms with van der Waals surface area (Å²) in [5, 5.41) is 0. The third kappa shape index (κ3) is 3.45. The topological polar surface area (TPSA) is 70.1 Å². The van der Waals surface area contributed by atoms with E-state index >= 15 is 0 Å². The maximum Gasteiger partial charge on any atom is 0.285 e. The zero-order valence-electron chi connectivity index (χ0n) is 14.1. The first-order valence-electron chi connectivity index (χ1n) is 8.35. The van der Waals surface area contributed by atoms with E-state index in [2.05, 4.69) is 11.3 Å². The van der Waals surface area contributed by atoms with Gasteiger partial charge >= 0.3 is 0 Å². The summed E-state index contributed by atoms with van der Waals surface area (Å²) in [4.78, 5) is 16.4. The number of hydrogen-bond acceptors (Lipinski definition) is 4. The highest BCUT2D eigenvalue weighted by molar-refractivity contribution is 7.90. The summed E-state index contributed by atoms with van der Waals surface area (Å²) in [6, 6.07) is 6.74. The molecule has 1 aromatic rings. The van der Waals surface area contributed by atoms with Crippen molar-refractivity contribution in [3.8, 4) is 0 Å². The summed E-state index contributed by atoms with van der Waals surface area (Å²) < 4.78 is 28.1. The predicted molar refractivity (Wildman–Crippen MR) is 92.4 cm³/mol. The second-order valence-corrected chi connectivity index (χ2v) is 8.10. The van der Waals surface area contributed by atoms with Crippen LogP contribution in [0.1, 0.15) is 31.7 Å². The van der Waals surface area contributed by atoms with Gasteiger partial charge in [0, 0.05) is 25.7 Å². The average molecular weight is 349 g/mol. The Bertz CT molecular complexity index is 769. The van der Waals surface area contributed by atoms with Crippen molar-refractivity contribution in [2.24, 2.45) is 10.3 Å². The molecule has 6 nitrogen and oxygen atoms in total. The van der Waals surface area contributed by atoms with Gasteiger partial charge in [0.05, 0.1) is 6.54 Å². The summed E-state index contributed by atoms with van der Waals surface area (Å²) in [5.41, 5.74) is 0.567. The molecule has 2 aliphatic rings. The van der Waals surface area contributed by atoms with Crippen LogP contribution in [-0.2, 0) is 14.8 Å². The molecule has 0 saturated heterocycles. The first-order chi connectivity index (χ1) is 11.4. The number of sulfonamides is 1. The van der Waals surface area contributed by atoms with Crippen LogP contribution in [0, 0.1) is 5.92 Å². The van der Waals surface area contributed by atoms with Gasteiger partial charge in [0.15, 0.2) is 5.84 Å². The molecule has 1 aromatic carbocycles. The lowest BCUT2D eigenvalue weighted by Gasteiger charge is -2.26. The quantitative estimate of drug-likeness (QED) is 0.784. The van der Waals surface area contributed by atoms with E-state index in [4.69, 9.17) is 0 Å². The van der Waals surface area contributed by atoms with Crippen molar-refractivity contribution in [2.75, 3.05) is 26.7 Å². The molecular formula is C17H23N3O3S. The van der Waals surface area contributed by atoms with Crippen LogP contribution in [0.5, 0.6) is 0 Å². The van der Waals surface area contributed by atoms with Gasteiger partial charge in [-0.25, -0.2) is 0 Å². The van der Waals surface area contributed by atoms with Gasteiger partial charge in [-0.2, -0.15) is 8.42 Å². The van der Waals surface area contributed by atoms with Crippen molar-refractivity contribution in [3.05, 3.63) is 29.8 Å². The third-order valence-corrected chi connectivity index (χ3v) is 5.69. The smallest absolute Gasteiger partial charge is 0.285 e. The monoisotopic (exact) mass is 349 g/mol. The van der Waals surface area contributed by atoms with E-state index in [0.29, 0.717) is 17.3 Å².